The molecule has 0 rings (SSSR count). The molecule has 0 saturated carbocycles. The summed E-state index contributed by atoms with van der Waals surface area (Å²) in [5.41, 5.74) is 0. The molecule has 0 radical (unpaired) electrons. The van der Waals surface area contributed by atoms with E-state index in [9.17, 15) is 0 Å². The molecule has 0 atom stereocenters. The minimum atomic E-state index is -4.67. The summed E-state index contributed by atoms with van der Waals surface area (Å²) in [7, 11) is -7.33. The first-order chi connectivity index (χ1) is 3.73. The molecule has 17 N–H and O–H groups in total. The molecule has 0 unspecified atom stereocenters. The Morgan fingerprint density at radius 2 is 0.765 bits per heavy atom. The van der Waals surface area contributed by atoms with Crippen molar-refractivity contribution in [2.75, 3.05) is 0 Å². The van der Waals surface area contributed by atoms with Crippen LogP contribution in [0.3, 0.4) is 0 Å². The number of rotatable bonds is 0. The zero-order chi connectivity index (χ0) is 8.08. The van der Waals surface area contributed by atoms with Crippen molar-refractivity contribution < 1.29 is 90.4 Å². The van der Waals surface area contributed by atoms with Crippen molar-refractivity contribution in [3.63, 3.8) is 0 Å². The molecule has 112 valence electrons. The third kappa shape index (κ3) is 129000. The van der Waals surface area contributed by atoms with Gasteiger partial charge in [0.1, 0.15) is 0 Å². The Labute approximate surface area is 109 Å². The minimum Gasteiger partial charge on any atom is -0.871 e. The fourth-order valence-electron chi connectivity index (χ4n) is 0. The van der Waals surface area contributed by atoms with E-state index in [4.69, 9.17) is 32.6 Å². The van der Waals surface area contributed by atoms with Gasteiger partial charge in [0.25, 0.3) is 0 Å². The summed E-state index contributed by atoms with van der Waals surface area (Å²) >= 11 is 0. The van der Waals surface area contributed by atoms with Crippen molar-refractivity contribution in [3.8, 4) is 0 Å². The number of hydrogen-bond donors (Lipinski definition) is 3. The van der Waals surface area contributed by atoms with Crippen LogP contribution in [0.1, 0.15) is 0 Å². The smallest absolute Gasteiger partial charge is 0.871 e. The first kappa shape index (κ1) is 87.4. The van der Waals surface area contributed by atoms with Gasteiger partial charge in [0.2, 0.25) is 0 Å². The van der Waals surface area contributed by atoms with Crippen LogP contribution in [0.4, 0.5) is 0 Å². The van der Waals surface area contributed by atoms with E-state index in [0.717, 1.165) is 0 Å². The third-order valence-electron chi connectivity index (χ3n) is 0. The molecule has 0 fully saturated rings. The van der Waals surface area contributed by atoms with Gasteiger partial charge in [0.15, 0.2) is 0 Å². The SMILES string of the molecule is O.O.O.O.O.O.O.O=S(=O)(O)O.[O-]B([O-])O.[Zn+2]. The van der Waals surface area contributed by atoms with Crippen molar-refractivity contribution in [3.05, 3.63) is 0 Å². The summed E-state index contributed by atoms with van der Waals surface area (Å²) in [6.07, 6.45) is 0. The van der Waals surface area contributed by atoms with E-state index in [0.29, 0.717) is 0 Å². The second kappa shape index (κ2) is 44.3. The average molecular weight is 349 g/mol. The molecule has 0 aromatic heterocycles. The minimum absolute atomic E-state index is 0. The summed E-state index contributed by atoms with van der Waals surface area (Å²) < 4.78 is 31.6. The topological polar surface area (TPSA) is 361 Å². The quantitative estimate of drug-likeness (QED) is 0.279. The van der Waals surface area contributed by atoms with Crippen LogP contribution in [-0.2, 0) is 29.9 Å². The molecule has 0 aliphatic heterocycles. The third-order valence-corrected chi connectivity index (χ3v) is 0. The zero-order valence-corrected chi connectivity index (χ0v) is 12.0. The van der Waals surface area contributed by atoms with Crippen LogP contribution < -0.4 is 10.0 Å². The fraction of sp³-hybridized carbons (Fsp3) is 0. The van der Waals surface area contributed by atoms with Crippen molar-refractivity contribution >= 4 is 17.7 Å². The molecule has 0 aromatic carbocycles. The monoisotopic (exact) mass is 348 g/mol. The van der Waals surface area contributed by atoms with Gasteiger partial charge in [-0.1, -0.05) is 0 Å². The Kier molecular flexibility index (Phi) is 228. The van der Waals surface area contributed by atoms with E-state index in [1.807, 2.05) is 0 Å². The van der Waals surface area contributed by atoms with Crippen LogP contribution in [-0.4, -0.2) is 68.2 Å². The van der Waals surface area contributed by atoms with Gasteiger partial charge in [0.05, 0.1) is 7.32 Å². The van der Waals surface area contributed by atoms with Crippen LogP contribution in [0.25, 0.3) is 0 Å². The summed E-state index contributed by atoms with van der Waals surface area (Å²) in [6.45, 7) is 0. The standard InChI is InChI=1S/BHO3.H2O4S.7H2O.Zn/c2-1(3)4;1-5(2,3)4;;;;;;;;/h2H;(H2,1,2,3,4);7*1H2;/q-2;;;;;;;;;+2. The molecule has 0 amide bonds. The van der Waals surface area contributed by atoms with Gasteiger partial charge in [0, 0.05) is 0 Å². The Morgan fingerprint density at radius 3 is 0.765 bits per heavy atom. The molecule has 0 bridgehead atoms. The van der Waals surface area contributed by atoms with Gasteiger partial charge >= 0.3 is 29.9 Å². The maximum Gasteiger partial charge on any atom is 2.00 e. The van der Waals surface area contributed by atoms with Gasteiger partial charge in [-0.15, -0.1) is 0 Å². The van der Waals surface area contributed by atoms with E-state index < -0.39 is 17.7 Å². The van der Waals surface area contributed by atoms with E-state index in [1.165, 1.54) is 0 Å². The van der Waals surface area contributed by atoms with Crippen LogP contribution in [0, 0.1) is 0 Å². The van der Waals surface area contributed by atoms with E-state index in [1.54, 1.807) is 0 Å². The molecule has 0 aromatic rings. The molecule has 14 nitrogen and oxygen atoms in total. The first-order valence-corrected chi connectivity index (χ1v) is 2.83. The molecular weight excluding hydrogens is 332 g/mol. The number of hydrogen-bond acceptors (Lipinski definition) is 5. The van der Waals surface area contributed by atoms with Gasteiger partial charge in [-0.3, -0.25) is 9.11 Å². The van der Waals surface area contributed by atoms with Gasteiger partial charge in [-0.05, 0) is 0 Å². The predicted octanol–water partition coefficient (Wildman–Crippen LogP) is -9.74. The molecular formula is H17BO14SZn. The fourth-order valence-corrected chi connectivity index (χ4v) is 0. The van der Waals surface area contributed by atoms with Gasteiger partial charge in [-0.25, -0.2) is 0 Å². The van der Waals surface area contributed by atoms with E-state index in [2.05, 4.69) is 0 Å². The Morgan fingerprint density at radius 1 is 0.765 bits per heavy atom. The van der Waals surface area contributed by atoms with Gasteiger partial charge < -0.3 is 53.4 Å². The summed E-state index contributed by atoms with van der Waals surface area (Å²) in [4.78, 5) is 0. The predicted molar refractivity (Wildman–Crippen MR) is 47.4 cm³/mol. The molecule has 0 aliphatic carbocycles. The summed E-state index contributed by atoms with van der Waals surface area (Å²) in [6, 6.07) is 0. The molecule has 0 aliphatic rings. The largest absolute Gasteiger partial charge is 2.00 e. The Balaban J connectivity index is -0.00000000494. The molecule has 0 saturated heterocycles. The summed E-state index contributed by atoms with van der Waals surface area (Å²) in [5.74, 6) is 0. The maximum atomic E-state index is 8.74. The van der Waals surface area contributed by atoms with Gasteiger partial charge in [-0.2, -0.15) is 8.42 Å². The second-order valence-corrected chi connectivity index (χ2v) is 1.65. The molecule has 0 spiro atoms. The normalized spacial score (nSPS) is 5.00. The molecule has 17 heavy (non-hydrogen) atoms. The average Bonchev–Trinajstić information content (AvgIpc) is 1.19. The van der Waals surface area contributed by atoms with Crippen molar-refractivity contribution in [1.29, 1.82) is 0 Å². The Hall–Kier alpha value is 0.158. The zero-order valence-electron chi connectivity index (χ0n) is 8.17. The van der Waals surface area contributed by atoms with Crippen molar-refractivity contribution in [1.82, 2.24) is 0 Å². The Bertz CT molecular complexity index is 128. The maximum absolute atomic E-state index is 8.74. The molecule has 17 heteroatoms. The van der Waals surface area contributed by atoms with E-state index >= 15 is 0 Å². The van der Waals surface area contributed by atoms with E-state index in [-0.39, 0.29) is 57.8 Å². The van der Waals surface area contributed by atoms with Crippen LogP contribution in [0.15, 0.2) is 0 Å². The second-order valence-electron chi connectivity index (χ2n) is 0.755. The van der Waals surface area contributed by atoms with Crippen LogP contribution >= 0.6 is 0 Å². The van der Waals surface area contributed by atoms with Crippen molar-refractivity contribution in [2.24, 2.45) is 0 Å². The molecule has 0 heterocycles. The first-order valence-electron chi connectivity index (χ1n) is 1.43. The van der Waals surface area contributed by atoms with Crippen molar-refractivity contribution in [2.45, 2.75) is 0 Å². The van der Waals surface area contributed by atoms with Crippen LogP contribution in [0.2, 0.25) is 0 Å². The summed E-state index contributed by atoms with van der Waals surface area (Å²) in [5, 5.41) is 24.0. The van der Waals surface area contributed by atoms with Crippen LogP contribution in [0.5, 0.6) is 0 Å².